The maximum Gasteiger partial charge on any atom is 0.337 e. The van der Waals surface area contributed by atoms with Gasteiger partial charge in [0, 0.05) is 22.6 Å². The molecular weight excluding hydrogens is 342 g/mol. The van der Waals surface area contributed by atoms with E-state index in [-0.39, 0.29) is 5.57 Å². The van der Waals surface area contributed by atoms with E-state index in [1.54, 1.807) is 48.5 Å². The van der Waals surface area contributed by atoms with E-state index in [4.69, 9.17) is 16.9 Å². The van der Waals surface area contributed by atoms with E-state index in [9.17, 15) is 9.59 Å². The Labute approximate surface area is 149 Å². The molecule has 0 saturated heterocycles. The second-order valence-corrected chi connectivity index (χ2v) is 5.28. The number of ether oxygens (including phenoxy) is 1. The molecule has 0 spiro atoms. The van der Waals surface area contributed by atoms with Crippen molar-refractivity contribution in [2.45, 2.75) is 0 Å². The Balaban J connectivity index is 2.04. The van der Waals surface area contributed by atoms with Crippen LogP contribution in [0.4, 0.5) is 11.4 Å². The zero-order chi connectivity index (χ0) is 18.2. The summed E-state index contributed by atoms with van der Waals surface area (Å²) in [6.45, 7) is 0. The monoisotopic (exact) mass is 355 g/mol. The second-order valence-electron chi connectivity index (χ2n) is 4.84. The first-order chi connectivity index (χ1) is 12.0. The first-order valence-corrected chi connectivity index (χ1v) is 7.53. The number of nitrogens with zero attached hydrogens (tertiary/aromatic N) is 1. The van der Waals surface area contributed by atoms with Crippen LogP contribution in [0.2, 0.25) is 5.02 Å². The van der Waals surface area contributed by atoms with Crippen molar-refractivity contribution >= 4 is 34.9 Å². The Morgan fingerprint density at radius 2 is 1.68 bits per heavy atom. The lowest BCUT2D eigenvalue weighted by Gasteiger charge is -2.06. The number of halogens is 1. The number of nitrogens with one attached hydrogen (secondary N) is 2. The SMILES string of the molecule is COC(=O)c1ccc(N/C=C(/C#N)C(=O)Nc2ccc(Cl)cc2)cc1. The number of nitriles is 1. The number of anilines is 2. The molecule has 0 saturated carbocycles. The van der Waals surface area contributed by atoms with Gasteiger partial charge in [0.15, 0.2) is 0 Å². The van der Waals surface area contributed by atoms with E-state index in [1.165, 1.54) is 13.3 Å². The molecule has 0 aliphatic carbocycles. The molecule has 2 rings (SSSR count). The minimum Gasteiger partial charge on any atom is -0.465 e. The fraction of sp³-hybridized carbons (Fsp3) is 0.0556. The lowest BCUT2D eigenvalue weighted by atomic mass is 10.2. The van der Waals surface area contributed by atoms with Gasteiger partial charge in [-0.1, -0.05) is 11.6 Å². The number of carbonyl (C=O) groups excluding carboxylic acids is 2. The predicted octanol–water partition coefficient (Wildman–Crippen LogP) is 3.58. The fourth-order valence-corrected chi connectivity index (χ4v) is 1.98. The predicted molar refractivity (Wildman–Crippen MR) is 95.2 cm³/mol. The lowest BCUT2D eigenvalue weighted by molar-refractivity contribution is -0.112. The van der Waals surface area contributed by atoms with E-state index >= 15 is 0 Å². The summed E-state index contributed by atoms with van der Waals surface area (Å²) < 4.78 is 4.61. The number of amides is 1. The van der Waals surface area contributed by atoms with Crippen molar-refractivity contribution in [3.8, 4) is 6.07 Å². The van der Waals surface area contributed by atoms with Crippen molar-refractivity contribution in [1.29, 1.82) is 5.26 Å². The molecule has 7 heteroatoms. The largest absolute Gasteiger partial charge is 0.465 e. The molecule has 0 bridgehead atoms. The van der Waals surface area contributed by atoms with Crippen LogP contribution in [0.1, 0.15) is 10.4 Å². The van der Waals surface area contributed by atoms with Gasteiger partial charge < -0.3 is 15.4 Å². The third-order valence-corrected chi connectivity index (χ3v) is 3.41. The van der Waals surface area contributed by atoms with Crippen molar-refractivity contribution in [2.24, 2.45) is 0 Å². The molecule has 6 nitrogen and oxygen atoms in total. The first kappa shape index (κ1) is 18.0. The average Bonchev–Trinajstić information content (AvgIpc) is 2.64. The van der Waals surface area contributed by atoms with Crippen LogP contribution >= 0.6 is 11.6 Å². The van der Waals surface area contributed by atoms with Crippen LogP contribution in [-0.4, -0.2) is 19.0 Å². The number of carbonyl (C=O) groups is 2. The Hall–Kier alpha value is -3.30. The van der Waals surface area contributed by atoms with Crippen molar-refractivity contribution in [2.75, 3.05) is 17.7 Å². The molecule has 0 unspecified atom stereocenters. The third-order valence-electron chi connectivity index (χ3n) is 3.16. The molecule has 1 amide bonds. The highest BCUT2D eigenvalue weighted by Gasteiger charge is 2.09. The van der Waals surface area contributed by atoms with Crippen LogP contribution in [0.3, 0.4) is 0 Å². The number of esters is 1. The summed E-state index contributed by atoms with van der Waals surface area (Å²) in [6, 6.07) is 14.8. The van der Waals surface area contributed by atoms with Gasteiger partial charge in [0.1, 0.15) is 11.6 Å². The van der Waals surface area contributed by atoms with Gasteiger partial charge in [0.2, 0.25) is 0 Å². The van der Waals surface area contributed by atoms with E-state index in [0.717, 1.165) is 0 Å². The Morgan fingerprint density at radius 3 is 2.24 bits per heavy atom. The average molecular weight is 356 g/mol. The number of hydrogen-bond acceptors (Lipinski definition) is 5. The van der Waals surface area contributed by atoms with Gasteiger partial charge in [-0.3, -0.25) is 4.79 Å². The van der Waals surface area contributed by atoms with E-state index < -0.39 is 11.9 Å². The second kappa shape index (κ2) is 8.52. The zero-order valence-corrected chi connectivity index (χ0v) is 14.0. The molecule has 126 valence electrons. The Morgan fingerprint density at radius 1 is 1.08 bits per heavy atom. The highest BCUT2D eigenvalue weighted by atomic mass is 35.5. The van der Waals surface area contributed by atoms with Crippen LogP contribution in [-0.2, 0) is 9.53 Å². The minimum absolute atomic E-state index is 0.105. The van der Waals surface area contributed by atoms with E-state index in [0.29, 0.717) is 22.0 Å². The summed E-state index contributed by atoms with van der Waals surface area (Å²) in [4.78, 5) is 23.5. The van der Waals surface area contributed by atoms with Crippen LogP contribution in [0.25, 0.3) is 0 Å². The molecule has 0 aliphatic rings. The maximum absolute atomic E-state index is 12.1. The van der Waals surface area contributed by atoms with E-state index in [2.05, 4.69) is 15.4 Å². The highest BCUT2D eigenvalue weighted by Crippen LogP contribution is 2.15. The van der Waals surface area contributed by atoms with Gasteiger partial charge in [-0.25, -0.2) is 4.79 Å². The van der Waals surface area contributed by atoms with Crippen LogP contribution < -0.4 is 10.6 Å². The molecule has 2 aromatic rings. The smallest absolute Gasteiger partial charge is 0.337 e. The number of rotatable bonds is 5. The Bertz CT molecular complexity index is 837. The van der Waals surface area contributed by atoms with Gasteiger partial charge in [0.05, 0.1) is 12.7 Å². The molecule has 0 radical (unpaired) electrons. The molecule has 0 fully saturated rings. The van der Waals surface area contributed by atoms with Crippen LogP contribution in [0.15, 0.2) is 60.3 Å². The molecule has 2 aromatic carbocycles. The molecule has 0 aliphatic heterocycles. The van der Waals surface area contributed by atoms with Crippen molar-refractivity contribution in [3.63, 3.8) is 0 Å². The molecule has 2 N–H and O–H groups in total. The topological polar surface area (TPSA) is 91.2 Å². The van der Waals surface area contributed by atoms with Crippen molar-refractivity contribution < 1.29 is 14.3 Å². The molecule has 0 aromatic heterocycles. The van der Waals surface area contributed by atoms with Crippen molar-refractivity contribution in [3.05, 3.63) is 70.9 Å². The Kier molecular flexibility index (Phi) is 6.15. The standard InChI is InChI=1S/C18H14ClN3O3/c1-25-18(24)12-2-6-15(7-3-12)21-11-13(10-20)17(23)22-16-8-4-14(19)5-9-16/h2-9,11,21H,1H3,(H,22,23)/b13-11-. The molecular formula is C18H14ClN3O3. The van der Waals surface area contributed by atoms with E-state index in [1.807, 2.05) is 6.07 Å². The fourth-order valence-electron chi connectivity index (χ4n) is 1.86. The zero-order valence-electron chi connectivity index (χ0n) is 13.2. The summed E-state index contributed by atoms with van der Waals surface area (Å²) in [5.74, 6) is -0.995. The lowest BCUT2D eigenvalue weighted by Crippen LogP contribution is -2.14. The minimum atomic E-state index is -0.552. The van der Waals surface area contributed by atoms with Crippen LogP contribution in [0, 0.1) is 11.3 Å². The summed E-state index contributed by atoms with van der Waals surface area (Å²) in [7, 11) is 1.30. The number of methoxy groups -OCH3 is 1. The number of hydrogen-bond donors (Lipinski definition) is 2. The van der Waals surface area contributed by atoms with Crippen molar-refractivity contribution in [1.82, 2.24) is 0 Å². The quantitative estimate of drug-likeness (QED) is 0.486. The maximum atomic E-state index is 12.1. The molecule has 25 heavy (non-hydrogen) atoms. The molecule has 0 atom stereocenters. The molecule has 0 heterocycles. The van der Waals surface area contributed by atoms with Gasteiger partial charge >= 0.3 is 5.97 Å². The van der Waals surface area contributed by atoms with Crippen LogP contribution in [0.5, 0.6) is 0 Å². The first-order valence-electron chi connectivity index (χ1n) is 7.15. The van der Waals surface area contributed by atoms with Gasteiger partial charge in [-0.05, 0) is 48.5 Å². The summed E-state index contributed by atoms with van der Waals surface area (Å²) in [6.07, 6.45) is 1.29. The van der Waals surface area contributed by atoms with Gasteiger partial charge in [-0.2, -0.15) is 5.26 Å². The normalized spacial score (nSPS) is 10.5. The summed E-state index contributed by atoms with van der Waals surface area (Å²) in [5.41, 5.74) is 1.43. The summed E-state index contributed by atoms with van der Waals surface area (Å²) >= 11 is 5.78. The summed E-state index contributed by atoms with van der Waals surface area (Å²) in [5, 5.41) is 15.1. The highest BCUT2D eigenvalue weighted by molar-refractivity contribution is 6.30. The number of benzene rings is 2. The third kappa shape index (κ3) is 5.09. The van der Waals surface area contributed by atoms with Gasteiger partial charge in [0.25, 0.3) is 5.91 Å². The van der Waals surface area contributed by atoms with Gasteiger partial charge in [-0.15, -0.1) is 0 Å².